The van der Waals surface area contributed by atoms with Gasteiger partial charge in [0.1, 0.15) is 0 Å². The molecule has 0 saturated carbocycles. The van der Waals surface area contributed by atoms with Gasteiger partial charge in [-0.15, -0.1) is 0 Å². The third kappa shape index (κ3) is 2.16. The zero-order chi connectivity index (χ0) is 13.3. The van der Waals surface area contributed by atoms with Crippen molar-refractivity contribution in [3.63, 3.8) is 0 Å². The minimum atomic E-state index is -0.491. The van der Waals surface area contributed by atoms with Gasteiger partial charge in [0.05, 0.1) is 0 Å². The maximum absolute atomic E-state index is 12.3. The van der Waals surface area contributed by atoms with E-state index in [0.717, 1.165) is 4.26 Å². The summed E-state index contributed by atoms with van der Waals surface area (Å²) in [5, 5.41) is 0.715. The van der Waals surface area contributed by atoms with E-state index in [4.69, 9.17) is 4.74 Å². The van der Waals surface area contributed by atoms with E-state index in [1.54, 1.807) is 3.56 Å². The molecule has 2 aromatic rings. The fraction of sp³-hybridized carbons (Fsp3) is 0.385. The molecule has 0 aliphatic heterocycles. The van der Waals surface area contributed by atoms with Gasteiger partial charge >= 0.3 is 111 Å². The summed E-state index contributed by atoms with van der Waals surface area (Å²) in [5.41, 5.74) is -0.0605. The van der Waals surface area contributed by atoms with E-state index in [1.165, 1.54) is 7.11 Å². The first-order valence-corrected chi connectivity index (χ1v) is 7.37. The number of rotatable bonds is 3. The molecule has 2 rings (SSSR count). The zero-order valence-electron chi connectivity index (χ0n) is 10.5. The predicted molar refractivity (Wildman–Crippen MR) is 71.0 cm³/mol. The van der Waals surface area contributed by atoms with Crippen LogP contribution in [0.2, 0.25) is 0 Å². The molecule has 0 aliphatic carbocycles. The van der Waals surface area contributed by atoms with Gasteiger partial charge in [0.15, 0.2) is 0 Å². The summed E-state index contributed by atoms with van der Waals surface area (Å²) in [6, 6.07) is 7.03. The van der Waals surface area contributed by atoms with Crippen molar-refractivity contribution in [2.45, 2.75) is 19.9 Å². The Labute approximate surface area is 111 Å². The molecule has 0 aliphatic rings. The molecule has 0 fully saturated rings. The number of nitrogens with zero attached hydrogens (tertiary/aromatic N) is 1. The van der Waals surface area contributed by atoms with E-state index in [-0.39, 0.29) is 32.2 Å². The van der Waals surface area contributed by atoms with Crippen molar-refractivity contribution in [2.24, 2.45) is 5.92 Å². The molecule has 18 heavy (non-hydrogen) atoms. The number of hydrogen-bond donors (Lipinski definition) is 0. The van der Waals surface area contributed by atoms with Crippen LogP contribution < -0.4 is 5.56 Å². The molecule has 1 atom stereocenters. The number of carbonyl (C=O) groups is 1. The van der Waals surface area contributed by atoms with E-state index in [2.05, 4.69) is 0 Å². The van der Waals surface area contributed by atoms with Crippen LogP contribution in [0.1, 0.15) is 19.9 Å². The number of aromatic nitrogens is 1. The van der Waals surface area contributed by atoms with Crippen LogP contribution in [0.5, 0.6) is 0 Å². The third-order valence-corrected chi connectivity index (χ3v) is 5.24. The quantitative estimate of drug-likeness (QED) is 0.636. The summed E-state index contributed by atoms with van der Waals surface area (Å²) in [6.45, 7) is 3.85. The molecule has 0 spiro atoms. The van der Waals surface area contributed by atoms with Crippen LogP contribution in [0.15, 0.2) is 29.1 Å². The summed E-state index contributed by atoms with van der Waals surface area (Å²) in [6.07, 6.45) is 0. The molecule has 0 N–H and O–H groups in total. The maximum atomic E-state index is 12.3. The van der Waals surface area contributed by atoms with Gasteiger partial charge < -0.3 is 0 Å². The van der Waals surface area contributed by atoms with Crippen LogP contribution in [0.25, 0.3) is 9.65 Å². The van der Waals surface area contributed by atoms with E-state index in [0.29, 0.717) is 5.39 Å². The number of hydrogen-bond acceptors (Lipinski definition) is 3. The Morgan fingerprint density at radius 2 is 2.00 bits per heavy atom. The second kappa shape index (κ2) is 5.12. The molecule has 0 saturated heterocycles. The average molecular weight is 312 g/mol. The zero-order valence-corrected chi connectivity index (χ0v) is 12.3. The van der Waals surface area contributed by atoms with Gasteiger partial charge in [0.2, 0.25) is 0 Å². The number of methoxy groups -OCH3 is 1. The van der Waals surface area contributed by atoms with E-state index < -0.39 is 6.04 Å². The molecule has 0 unspecified atom stereocenters. The Kier molecular flexibility index (Phi) is 3.73. The third-order valence-electron chi connectivity index (χ3n) is 2.84. The molecule has 1 aromatic heterocycles. The second-order valence-electron chi connectivity index (χ2n) is 4.43. The van der Waals surface area contributed by atoms with Gasteiger partial charge in [-0.25, -0.2) is 0 Å². The van der Waals surface area contributed by atoms with Gasteiger partial charge in [-0.3, -0.25) is 0 Å². The first-order valence-electron chi connectivity index (χ1n) is 5.74. The van der Waals surface area contributed by atoms with E-state index >= 15 is 0 Å². The molecule has 0 radical (unpaired) electrons. The van der Waals surface area contributed by atoms with Crippen molar-refractivity contribution in [3.8, 4) is 0 Å². The Morgan fingerprint density at radius 1 is 1.33 bits per heavy atom. The molecule has 1 aromatic carbocycles. The van der Waals surface area contributed by atoms with Crippen LogP contribution in [0.4, 0.5) is 0 Å². The summed E-state index contributed by atoms with van der Waals surface area (Å²) in [7, 11) is 1.36. The van der Waals surface area contributed by atoms with Crippen molar-refractivity contribution < 1.29 is 9.53 Å². The van der Waals surface area contributed by atoms with E-state index in [1.807, 2.05) is 38.1 Å². The number of ether oxygens (including phenoxy) is 1. The van der Waals surface area contributed by atoms with Crippen LogP contribution in [-0.2, 0) is 9.53 Å². The first-order chi connectivity index (χ1) is 8.56. The van der Waals surface area contributed by atoms with Crippen molar-refractivity contribution in [1.29, 1.82) is 0 Å². The molecular weight excluding hydrogens is 297 g/mol. The molecule has 96 valence electrons. The Bertz CT molecular complexity index is 626. The standard InChI is InChI=1S/C13H15NO3Se/c1-8(2)11(13(16)17-3)14-12(15)9-6-4-5-7-10(9)18-14/h4-8,11H,1-3H3/t11-/m0/s1. The minimum absolute atomic E-state index is 0.0394. The van der Waals surface area contributed by atoms with Crippen molar-refractivity contribution in [1.82, 2.24) is 3.56 Å². The average Bonchev–Trinajstić information content (AvgIpc) is 2.67. The first kappa shape index (κ1) is 13.1. The number of esters is 1. The van der Waals surface area contributed by atoms with Crippen LogP contribution in [0.3, 0.4) is 0 Å². The molecule has 5 heteroatoms. The van der Waals surface area contributed by atoms with Gasteiger partial charge in [0.25, 0.3) is 0 Å². The molecule has 4 nitrogen and oxygen atoms in total. The topological polar surface area (TPSA) is 48.3 Å². The van der Waals surface area contributed by atoms with Crippen molar-refractivity contribution >= 4 is 30.3 Å². The Hall–Kier alpha value is -1.32. The van der Waals surface area contributed by atoms with Crippen molar-refractivity contribution in [3.05, 3.63) is 34.6 Å². The summed E-state index contributed by atoms with van der Waals surface area (Å²) in [4.78, 5) is 24.1. The number of carbonyl (C=O) groups excluding carboxylic acids is 1. The van der Waals surface area contributed by atoms with Gasteiger partial charge in [-0.2, -0.15) is 0 Å². The SMILES string of the molecule is COC(=O)[C@H](C(C)C)n1[se]c2ccccc2c1=O. The Balaban J connectivity index is 2.61. The van der Waals surface area contributed by atoms with Crippen LogP contribution in [-0.4, -0.2) is 31.4 Å². The molecule has 0 amide bonds. The van der Waals surface area contributed by atoms with Crippen molar-refractivity contribution in [2.75, 3.05) is 7.11 Å². The summed E-state index contributed by atoms with van der Waals surface area (Å²) in [5.74, 6) is -0.300. The fourth-order valence-electron chi connectivity index (χ4n) is 1.93. The van der Waals surface area contributed by atoms with Gasteiger partial charge in [0, 0.05) is 0 Å². The molecule has 0 bridgehead atoms. The monoisotopic (exact) mass is 313 g/mol. The Morgan fingerprint density at radius 3 is 2.56 bits per heavy atom. The van der Waals surface area contributed by atoms with Gasteiger partial charge in [-0.05, 0) is 0 Å². The molecular formula is C13H15NO3Se. The van der Waals surface area contributed by atoms with Crippen LogP contribution in [0, 0.1) is 5.92 Å². The number of fused-ring (bicyclic) bond motifs is 1. The molecule has 1 heterocycles. The van der Waals surface area contributed by atoms with E-state index in [9.17, 15) is 9.59 Å². The fourth-order valence-corrected chi connectivity index (χ4v) is 4.51. The van der Waals surface area contributed by atoms with Crippen LogP contribution >= 0.6 is 0 Å². The normalized spacial score (nSPS) is 12.9. The van der Waals surface area contributed by atoms with Gasteiger partial charge in [-0.1, -0.05) is 0 Å². The number of benzene rings is 1. The predicted octanol–water partition coefficient (Wildman–Crippen LogP) is 1.43. The second-order valence-corrected chi connectivity index (χ2v) is 6.56. The summed E-state index contributed by atoms with van der Waals surface area (Å²) < 4.78 is 7.50. The summed E-state index contributed by atoms with van der Waals surface area (Å²) >= 11 is -0.142.